The Morgan fingerprint density at radius 2 is 1.96 bits per heavy atom. The topological polar surface area (TPSA) is 70.8 Å². The van der Waals surface area contributed by atoms with Crippen molar-refractivity contribution in [3.05, 3.63) is 66.4 Å². The molecule has 0 saturated carbocycles. The number of imidazole rings is 1. The van der Waals surface area contributed by atoms with Crippen molar-refractivity contribution in [1.29, 1.82) is 0 Å². The molecule has 3 aromatic heterocycles. The van der Waals surface area contributed by atoms with Crippen LogP contribution in [0.4, 0.5) is 0 Å². The molecular weight excluding hydrogens is 354 g/mol. The second-order valence-corrected chi connectivity index (χ2v) is 7.66. The Morgan fingerprint density at radius 1 is 1.07 bits per heavy atom. The Bertz CT molecular complexity index is 1050. The van der Waals surface area contributed by atoms with Crippen molar-refractivity contribution < 1.29 is 9.59 Å². The molecule has 2 fully saturated rings. The fourth-order valence-corrected chi connectivity index (χ4v) is 4.38. The SMILES string of the molecule is O=C(c1ccn2ccnc2c1)N1CCC2(CCN(Cc3ccccn3)C2=O)C1. The van der Waals surface area contributed by atoms with Crippen LogP contribution in [-0.2, 0) is 11.3 Å². The van der Waals surface area contributed by atoms with Gasteiger partial charge >= 0.3 is 0 Å². The van der Waals surface area contributed by atoms with E-state index in [1.54, 1.807) is 18.5 Å². The first-order chi connectivity index (χ1) is 13.6. The van der Waals surface area contributed by atoms with Crippen LogP contribution < -0.4 is 0 Å². The summed E-state index contributed by atoms with van der Waals surface area (Å²) >= 11 is 0. The quantitative estimate of drug-likeness (QED) is 0.702. The number of carbonyl (C=O) groups excluding carboxylic acids is 2. The zero-order valence-corrected chi connectivity index (χ0v) is 15.5. The van der Waals surface area contributed by atoms with Crippen LogP contribution in [0.25, 0.3) is 5.65 Å². The van der Waals surface area contributed by atoms with E-state index >= 15 is 0 Å². The number of amides is 2. The van der Waals surface area contributed by atoms with Gasteiger partial charge in [-0.2, -0.15) is 0 Å². The minimum atomic E-state index is -0.443. The number of rotatable bonds is 3. The monoisotopic (exact) mass is 375 g/mol. The standard InChI is InChI=1S/C21H21N5O2/c27-19(16-4-9-24-12-8-23-18(24)13-16)26-11-6-21(15-26)5-10-25(20(21)28)14-17-3-1-2-7-22-17/h1-4,7-9,12-13H,5-6,10-11,14-15H2. The molecule has 1 atom stereocenters. The highest BCUT2D eigenvalue weighted by molar-refractivity contribution is 5.96. The molecule has 7 heteroatoms. The number of likely N-dealkylation sites (tertiary alicyclic amines) is 2. The van der Waals surface area contributed by atoms with Crippen molar-refractivity contribution in [2.45, 2.75) is 19.4 Å². The van der Waals surface area contributed by atoms with E-state index in [4.69, 9.17) is 0 Å². The molecule has 0 aliphatic carbocycles. The van der Waals surface area contributed by atoms with Crippen LogP contribution in [0.3, 0.4) is 0 Å². The third kappa shape index (κ3) is 2.74. The predicted octanol–water partition coefficient (Wildman–Crippen LogP) is 1.99. The summed E-state index contributed by atoms with van der Waals surface area (Å²) in [5.74, 6) is 0.121. The molecule has 0 N–H and O–H groups in total. The predicted molar refractivity (Wildman–Crippen MR) is 102 cm³/mol. The van der Waals surface area contributed by atoms with E-state index in [2.05, 4.69) is 9.97 Å². The van der Waals surface area contributed by atoms with Crippen LogP contribution in [0.2, 0.25) is 0 Å². The minimum absolute atomic E-state index is 0.0293. The highest BCUT2D eigenvalue weighted by atomic mass is 16.2. The van der Waals surface area contributed by atoms with Crippen LogP contribution in [-0.4, -0.2) is 55.6 Å². The molecule has 2 amide bonds. The first kappa shape index (κ1) is 16.9. The molecule has 28 heavy (non-hydrogen) atoms. The molecule has 1 spiro atoms. The Balaban J connectivity index is 1.30. The van der Waals surface area contributed by atoms with Crippen molar-refractivity contribution in [3.8, 4) is 0 Å². The van der Waals surface area contributed by atoms with Crippen molar-refractivity contribution >= 4 is 17.5 Å². The van der Waals surface area contributed by atoms with Crippen molar-refractivity contribution in [2.24, 2.45) is 5.41 Å². The third-order valence-electron chi connectivity index (χ3n) is 5.97. The summed E-state index contributed by atoms with van der Waals surface area (Å²) in [4.78, 5) is 38.4. The van der Waals surface area contributed by atoms with Gasteiger partial charge in [0.05, 0.1) is 17.7 Å². The number of carbonyl (C=O) groups is 2. The summed E-state index contributed by atoms with van der Waals surface area (Å²) in [6.07, 6.45) is 8.67. The largest absolute Gasteiger partial charge is 0.338 e. The van der Waals surface area contributed by atoms with Crippen molar-refractivity contribution in [3.63, 3.8) is 0 Å². The Morgan fingerprint density at radius 3 is 2.82 bits per heavy atom. The van der Waals surface area contributed by atoms with Gasteiger partial charge in [0.25, 0.3) is 5.91 Å². The van der Waals surface area contributed by atoms with Crippen molar-refractivity contribution in [2.75, 3.05) is 19.6 Å². The fourth-order valence-electron chi connectivity index (χ4n) is 4.38. The van der Waals surface area contributed by atoms with E-state index in [1.165, 1.54) is 0 Å². The van der Waals surface area contributed by atoms with E-state index in [0.717, 1.165) is 30.7 Å². The number of aromatic nitrogens is 3. The summed E-state index contributed by atoms with van der Waals surface area (Å²) in [5.41, 5.74) is 1.82. The van der Waals surface area contributed by atoms with Gasteiger partial charge in [0.2, 0.25) is 5.91 Å². The summed E-state index contributed by atoms with van der Waals surface area (Å²) in [6, 6.07) is 9.36. The van der Waals surface area contributed by atoms with Gasteiger partial charge in [-0.25, -0.2) is 4.98 Å². The molecule has 2 aliphatic heterocycles. The molecule has 5 rings (SSSR count). The maximum atomic E-state index is 13.1. The Hall–Kier alpha value is -3.22. The lowest BCUT2D eigenvalue weighted by Crippen LogP contribution is -2.38. The lowest BCUT2D eigenvalue weighted by molar-refractivity contribution is -0.135. The first-order valence-electron chi connectivity index (χ1n) is 9.56. The third-order valence-corrected chi connectivity index (χ3v) is 5.97. The lowest BCUT2D eigenvalue weighted by atomic mass is 9.85. The Labute approximate surface area is 162 Å². The van der Waals surface area contributed by atoms with E-state index in [9.17, 15) is 9.59 Å². The average molecular weight is 375 g/mol. The number of fused-ring (bicyclic) bond motifs is 1. The van der Waals surface area contributed by atoms with E-state index in [1.807, 2.05) is 50.9 Å². The molecule has 0 bridgehead atoms. The van der Waals surface area contributed by atoms with Gasteiger partial charge in [0.1, 0.15) is 5.65 Å². The van der Waals surface area contributed by atoms with Crippen molar-refractivity contribution in [1.82, 2.24) is 24.2 Å². The lowest BCUT2D eigenvalue weighted by Gasteiger charge is -2.23. The fraction of sp³-hybridized carbons (Fsp3) is 0.333. The number of hydrogen-bond acceptors (Lipinski definition) is 4. The zero-order valence-electron chi connectivity index (χ0n) is 15.5. The molecule has 2 aliphatic rings. The molecule has 142 valence electrons. The number of pyridine rings is 2. The number of hydrogen-bond donors (Lipinski definition) is 0. The molecule has 2 saturated heterocycles. The molecule has 5 heterocycles. The summed E-state index contributed by atoms with van der Waals surface area (Å²) in [7, 11) is 0. The van der Waals surface area contributed by atoms with E-state index in [-0.39, 0.29) is 11.8 Å². The van der Waals surface area contributed by atoms with Crippen LogP contribution in [0, 0.1) is 5.41 Å². The molecular formula is C21H21N5O2. The van der Waals surface area contributed by atoms with Crippen LogP contribution in [0.5, 0.6) is 0 Å². The summed E-state index contributed by atoms with van der Waals surface area (Å²) in [5, 5.41) is 0. The Kier molecular flexibility index (Phi) is 3.89. The van der Waals surface area contributed by atoms with Gasteiger partial charge in [0.15, 0.2) is 0 Å². The molecule has 0 radical (unpaired) electrons. The normalized spacial score (nSPS) is 21.9. The molecule has 7 nitrogen and oxygen atoms in total. The highest BCUT2D eigenvalue weighted by Crippen LogP contribution is 2.41. The highest BCUT2D eigenvalue weighted by Gasteiger charge is 2.51. The average Bonchev–Trinajstić information content (AvgIpc) is 3.44. The van der Waals surface area contributed by atoms with Gasteiger partial charge in [-0.1, -0.05) is 6.07 Å². The maximum absolute atomic E-state index is 13.1. The second-order valence-electron chi connectivity index (χ2n) is 7.66. The first-order valence-corrected chi connectivity index (χ1v) is 9.56. The second kappa shape index (κ2) is 6.44. The smallest absolute Gasteiger partial charge is 0.254 e. The van der Waals surface area contributed by atoms with Gasteiger partial charge in [-0.05, 0) is 37.1 Å². The van der Waals surface area contributed by atoms with Gasteiger partial charge < -0.3 is 14.2 Å². The van der Waals surface area contributed by atoms with Gasteiger partial charge in [-0.15, -0.1) is 0 Å². The van der Waals surface area contributed by atoms with Gasteiger partial charge in [0, 0.05) is 50.0 Å². The van der Waals surface area contributed by atoms with Crippen LogP contribution >= 0.6 is 0 Å². The molecule has 1 unspecified atom stereocenters. The summed E-state index contributed by atoms with van der Waals surface area (Å²) < 4.78 is 1.87. The van der Waals surface area contributed by atoms with E-state index in [0.29, 0.717) is 25.2 Å². The zero-order chi connectivity index (χ0) is 19.1. The molecule has 3 aromatic rings. The molecule has 0 aromatic carbocycles. The van der Waals surface area contributed by atoms with Crippen LogP contribution in [0.15, 0.2) is 55.1 Å². The van der Waals surface area contributed by atoms with Crippen LogP contribution in [0.1, 0.15) is 28.9 Å². The van der Waals surface area contributed by atoms with Gasteiger partial charge in [-0.3, -0.25) is 14.6 Å². The summed E-state index contributed by atoms with van der Waals surface area (Å²) in [6.45, 7) is 2.36. The number of nitrogens with zero attached hydrogens (tertiary/aromatic N) is 5. The maximum Gasteiger partial charge on any atom is 0.254 e. The minimum Gasteiger partial charge on any atom is -0.338 e. The van der Waals surface area contributed by atoms with E-state index < -0.39 is 5.41 Å².